The van der Waals surface area contributed by atoms with Crippen molar-refractivity contribution in [2.45, 2.75) is 33.2 Å². The molecule has 0 atom stereocenters. The Morgan fingerprint density at radius 2 is 1.79 bits per heavy atom. The first-order chi connectivity index (χ1) is 13.8. The number of carbonyl (C=O) groups excluding carboxylic acids is 3. The standard InChI is InChI=1S/C21H20N2O5S/c1-12-16-19(22-11-23(20(16)26)17(13(2)24)14(3)25)29-18(12)21(27)28-10-9-15-7-5-4-6-8-15/h4-8,11,17H,9-10H2,1-3H3. The summed E-state index contributed by atoms with van der Waals surface area (Å²) in [5.74, 6) is -1.43. The van der Waals surface area contributed by atoms with Crippen LogP contribution in [0.3, 0.4) is 0 Å². The maximum Gasteiger partial charge on any atom is 0.348 e. The molecular formula is C21H20N2O5S. The fourth-order valence-electron chi connectivity index (χ4n) is 3.17. The molecule has 0 bridgehead atoms. The number of hydrogen-bond donors (Lipinski definition) is 0. The molecule has 2 heterocycles. The maximum atomic E-state index is 12.9. The van der Waals surface area contributed by atoms with Crippen molar-refractivity contribution in [3.63, 3.8) is 0 Å². The molecule has 0 amide bonds. The summed E-state index contributed by atoms with van der Waals surface area (Å²) >= 11 is 1.06. The van der Waals surface area contributed by atoms with Gasteiger partial charge in [-0.1, -0.05) is 30.3 Å². The second-order valence-electron chi connectivity index (χ2n) is 6.69. The molecule has 7 nitrogen and oxygen atoms in total. The van der Waals surface area contributed by atoms with E-state index < -0.39 is 29.1 Å². The zero-order valence-electron chi connectivity index (χ0n) is 16.3. The number of Topliss-reactive ketones (excluding diaryl/α,β-unsaturated/α-hetero) is 2. The second-order valence-corrected chi connectivity index (χ2v) is 7.69. The van der Waals surface area contributed by atoms with Gasteiger partial charge in [0.05, 0.1) is 12.0 Å². The van der Waals surface area contributed by atoms with Gasteiger partial charge in [-0.15, -0.1) is 11.3 Å². The van der Waals surface area contributed by atoms with Gasteiger partial charge in [0.2, 0.25) is 0 Å². The van der Waals surface area contributed by atoms with Crippen LogP contribution in [0.25, 0.3) is 10.2 Å². The number of carbonyl (C=O) groups is 3. The molecule has 0 saturated carbocycles. The predicted molar refractivity (Wildman–Crippen MR) is 109 cm³/mol. The van der Waals surface area contributed by atoms with Crippen LogP contribution in [0.4, 0.5) is 0 Å². The third-order valence-corrected chi connectivity index (χ3v) is 5.76. The molecule has 0 saturated heterocycles. The van der Waals surface area contributed by atoms with Crippen LogP contribution in [-0.2, 0) is 20.7 Å². The minimum atomic E-state index is -1.22. The average Bonchev–Trinajstić information content (AvgIpc) is 3.01. The normalized spacial score (nSPS) is 11.0. The highest BCUT2D eigenvalue weighted by Gasteiger charge is 2.26. The van der Waals surface area contributed by atoms with Gasteiger partial charge in [-0.05, 0) is 31.9 Å². The fraction of sp³-hybridized carbons (Fsp3) is 0.286. The Morgan fingerprint density at radius 3 is 2.41 bits per heavy atom. The summed E-state index contributed by atoms with van der Waals surface area (Å²) < 4.78 is 6.39. The van der Waals surface area contributed by atoms with Crippen molar-refractivity contribution < 1.29 is 19.1 Å². The molecule has 0 N–H and O–H groups in total. The van der Waals surface area contributed by atoms with Crippen LogP contribution in [0.2, 0.25) is 0 Å². The predicted octanol–water partition coefficient (Wildman–Crippen LogP) is 2.89. The summed E-state index contributed by atoms with van der Waals surface area (Å²) in [5, 5.41) is 0.222. The van der Waals surface area contributed by atoms with Crippen molar-refractivity contribution >= 4 is 39.1 Å². The summed E-state index contributed by atoms with van der Waals surface area (Å²) in [5.41, 5.74) is 0.965. The molecule has 0 radical (unpaired) electrons. The lowest BCUT2D eigenvalue weighted by molar-refractivity contribution is -0.129. The van der Waals surface area contributed by atoms with Gasteiger partial charge in [-0.25, -0.2) is 9.78 Å². The molecular weight excluding hydrogens is 392 g/mol. The highest BCUT2D eigenvalue weighted by Crippen LogP contribution is 2.28. The molecule has 0 unspecified atom stereocenters. The fourth-order valence-corrected chi connectivity index (χ4v) is 4.20. The monoisotopic (exact) mass is 412 g/mol. The van der Waals surface area contributed by atoms with Crippen LogP contribution in [0, 0.1) is 6.92 Å². The number of ketones is 2. The van der Waals surface area contributed by atoms with Gasteiger partial charge in [0, 0.05) is 6.42 Å². The molecule has 2 aromatic heterocycles. The number of esters is 1. The zero-order valence-corrected chi connectivity index (χ0v) is 17.1. The Bertz CT molecular complexity index is 1130. The molecule has 150 valence electrons. The van der Waals surface area contributed by atoms with E-state index in [1.807, 2.05) is 30.3 Å². The summed E-state index contributed by atoms with van der Waals surface area (Å²) in [4.78, 5) is 53.9. The molecule has 3 aromatic rings. The molecule has 29 heavy (non-hydrogen) atoms. The zero-order chi connectivity index (χ0) is 21.1. The van der Waals surface area contributed by atoms with E-state index in [4.69, 9.17) is 4.74 Å². The van der Waals surface area contributed by atoms with Crippen LogP contribution in [-0.4, -0.2) is 33.7 Å². The largest absolute Gasteiger partial charge is 0.461 e. The molecule has 3 rings (SSSR count). The third kappa shape index (κ3) is 4.17. The lowest BCUT2D eigenvalue weighted by atomic mass is 10.1. The van der Waals surface area contributed by atoms with Crippen LogP contribution < -0.4 is 5.56 Å². The van der Waals surface area contributed by atoms with Crippen LogP contribution in [0.15, 0.2) is 41.5 Å². The van der Waals surface area contributed by atoms with Gasteiger partial charge >= 0.3 is 5.97 Å². The van der Waals surface area contributed by atoms with Gasteiger partial charge in [-0.2, -0.15) is 0 Å². The highest BCUT2D eigenvalue weighted by atomic mass is 32.1. The lowest BCUT2D eigenvalue weighted by Gasteiger charge is -2.13. The van der Waals surface area contributed by atoms with Gasteiger partial charge < -0.3 is 4.74 Å². The number of ether oxygens (including phenoxy) is 1. The maximum absolute atomic E-state index is 12.9. The molecule has 0 aliphatic heterocycles. The van der Waals surface area contributed by atoms with Gasteiger partial charge in [-0.3, -0.25) is 19.0 Å². The molecule has 8 heteroatoms. The molecule has 0 aliphatic rings. The number of nitrogens with zero attached hydrogens (tertiary/aromatic N) is 2. The molecule has 0 fully saturated rings. The number of benzene rings is 1. The Hall–Kier alpha value is -3.13. The summed E-state index contributed by atoms with van der Waals surface area (Å²) in [6.07, 6.45) is 1.76. The third-order valence-electron chi connectivity index (χ3n) is 4.58. The summed E-state index contributed by atoms with van der Waals surface area (Å²) in [6.45, 7) is 4.35. The smallest absolute Gasteiger partial charge is 0.348 e. The van der Waals surface area contributed by atoms with Crippen molar-refractivity contribution in [2.75, 3.05) is 6.61 Å². The SMILES string of the molecule is CC(=O)C(C(C)=O)n1cnc2sc(C(=O)OCCc3ccccc3)c(C)c2c1=O. The van der Waals surface area contributed by atoms with Crippen molar-refractivity contribution in [3.05, 3.63) is 63.0 Å². The van der Waals surface area contributed by atoms with Crippen molar-refractivity contribution in [1.29, 1.82) is 0 Å². The Labute approximate surface area is 171 Å². The van der Waals surface area contributed by atoms with E-state index in [0.29, 0.717) is 16.8 Å². The number of aryl methyl sites for hydroxylation is 1. The van der Waals surface area contributed by atoms with Crippen molar-refractivity contribution in [3.8, 4) is 0 Å². The average molecular weight is 412 g/mol. The number of hydrogen-bond acceptors (Lipinski definition) is 7. The van der Waals surface area contributed by atoms with Crippen LogP contribution >= 0.6 is 11.3 Å². The number of rotatable bonds is 7. The Morgan fingerprint density at radius 1 is 1.14 bits per heavy atom. The Balaban J connectivity index is 1.88. The van der Waals surface area contributed by atoms with Gasteiger partial charge in [0.15, 0.2) is 17.6 Å². The number of aromatic nitrogens is 2. The molecule has 1 aromatic carbocycles. The summed E-state index contributed by atoms with van der Waals surface area (Å²) in [7, 11) is 0. The summed E-state index contributed by atoms with van der Waals surface area (Å²) in [6, 6.07) is 8.42. The van der Waals surface area contributed by atoms with Crippen molar-refractivity contribution in [2.24, 2.45) is 0 Å². The minimum absolute atomic E-state index is 0.213. The van der Waals surface area contributed by atoms with Gasteiger partial charge in [0.25, 0.3) is 5.56 Å². The first-order valence-electron chi connectivity index (χ1n) is 9.03. The van der Waals surface area contributed by atoms with E-state index >= 15 is 0 Å². The van der Waals surface area contributed by atoms with Crippen LogP contribution in [0.1, 0.15) is 40.7 Å². The number of fused-ring (bicyclic) bond motifs is 1. The van der Waals surface area contributed by atoms with E-state index in [1.54, 1.807) is 6.92 Å². The second kappa shape index (κ2) is 8.48. The van der Waals surface area contributed by atoms with E-state index in [1.165, 1.54) is 20.2 Å². The number of thiophene rings is 1. The van der Waals surface area contributed by atoms with Crippen molar-refractivity contribution in [1.82, 2.24) is 9.55 Å². The molecule has 0 spiro atoms. The van der Waals surface area contributed by atoms with Gasteiger partial charge in [0.1, 0.15) is 16.0 Å². The van der Waals surface area contributed by atoms with E-state index in [2.05, 4.69) is 4.98 Å². The van der Waals surface area contributed by atoms with E-state index in [-0.39, 0.29) is 16.9 Å². The minimum Gasteiger partial charge on any atom is -0.461 e. The quantitative estimate of drug-likeness (QED) is 0.437. The topological polar surface area (TPSA) is 95.3 Å². The van der Waals surface area contributed by atoms with Crippen LogP contribution in [0.5, 0.6) is 0 Å². The highest BCUT2D eigenvalue weighted by molar-refractivity contribution is 7.20. The van der Waals surface area contributed by atoms with E-state index in [9.17, 15) is 19.2 Å². The van der Waals surface area contributed by atoms with E-state index in [0.717, 1.165) is 21.5 Å². The lowest BCUT2D eigenvalue weighted by Crippen LogP contribution is -2.33. The molecule has 0 aliphatic carbocycles. The Kier molecular flexibility index (Phi) is 6.03. The first-order valence-corrected chi connectivity index (χ1v) is 9.85. The first kappa shape index (κ1) is 20.6.